The first-order valence-corrected chi connectivity index (χ1v) is 12.3. The highest BCUT2D eigenvalue weighted by atomic mass is 32.2. The summed E-state index contributed by atoms with van der Waals surface area (Å²) in [7, 11) is 0. The van der Waals surface area contributed by atoms with Gasteiger partial charge in [-0.05, 0) is 57.2 Å². The van der Waals surface area contributed by atoms with Gasteiger partial charge in [-0.25, -0.2) is 0 Å². The number of nitrogens with zero attached hydrogens (tertiary/aromatic N) is 5. The second-order valence-electron chi connectivity index (χ2n) is 8.89. The van der Waals surface area contributed by atoms with Crippen molar-refractivity contribution in [1.29, 1.82) is 0 Å². The average Bonchev–Trinajstić information content (AvgIpc) is 3.57. The van der Waals surface area contributed by atoms with Crippen LogP contribution in [-0.4, -0.2) is 51.5 Å². The number of nitrogens with one attached hydrogen (secondary N) is 1. The maximum atomic E-state index is 13.3. The third-order valence-electron chi connectivity index (χ3n) is 6.28. The number of amides is 2. The van der Waals surface area contributed by atoms with Gasteiger partial charge in [-0.2, -0.15) is 13.2 Å². The highest BCUT2D eigenvalue weighted by molar-refractivity contribution is 8.00. The molecule has 1 saturated carbocycles. The van der Waals surface area contributed by atoms with Crippen LogP contribution in [-0.2, 0) is 15.8 Å². The summed E-state index contributed by atoms with van der Waals surface area (Å²) in [6, 6.07) is 3.33. The zero-order chi connectivity index (χ0) is 24.0. The van der Waals surface area contributed by atoms with E-state index >= 15 is 0 Å². The molecule has 12 heteroatoms. The van der Waals surface area contributed by atoms with E-state index in [-0.39, 0.29) is 23.8 Å². The predicted octanol–water partition coefficient (Wildman–Crippen LogP) is 4.09. The first-order valence-electron chi connectivity index (χ1n) is 11.4. The van der Waals surface area contributed by atoms with E-state index in [2.05, 4.69) is 25.0 Å². The van der Waals surface area contributed by atoms with Crippen molar-refractivity contribution in [3.8, 4) is 0 Å². The summed E-state index contributed by atoms with van der Waals surface area (Å²) in [5.74, 6) is -0.0663. The van der Waals surface area contributed by atoms with Crippen molar-refractivity contribution in [3.05, 3.63) is 23.8 Å². The largest absolute Gasteiger partial charge is 0.416 e. The molecule has 3 heterocycles. The number of aromatic nitrogens is 3. The van der Waals surface area contributed by atoms with Crippen molar-refractivity contribution in [2.75, 3.05) is 34.8 Å². The Labute approximate surface area is 198 Å². The Morgan fingerprint density at radius 2 is 1.91 bits per heavy atom. The molecule has 1 saturated heterocycles. The Kier molecular flexibility index (Phi) is 5.95. The maximum Gasteiger partial charge on any atom is 0.416 e. The first-order chi connectivity index (χ1) is 16.2. The van der Waals surface area contributed by atoms with Crippen molar-refractivity contribution in [1.82, 2.24) is 14.8 Å². The fraction of sp³-hybridized carbons (Fsp3) is 0.545. The van der Waals surface area contributed by atoms with Gasteiger partial charge in [0.25, 0.3) is 0 Å². The number of thioether (sulfide) groups is 1. The number of fused-ring (bicyclic) bond motifs is 1. The molecule has 0 spiro atoms. The zero-order valence-corrected chi connectivity index (χ0v) is 19.5. The minimum Gasteiger partial charge on any atom is -0.341 e. The van der Waals surface area contributed by atoms with Crippen LogP contribution in [0, 0.1) is 0 Å². The van der Waals surface area contributed by atoms with Gasteiger partial charge in [0.2, 0.25) is 17.8 Å². The van der Waals surface area contributed by atoms with Crippen LogP contribution >= 0.6 is 11.8 Å². The zero-order valence-electron chi connectivity index (χ0n) is 18.6. The molecule has 2 amide bonds. The van der Waals surface area contributed by atoms with Crippen LogP contribution in [0.5, 0.6) is 0 Å². The minimum absolute atomic E-state index is 0.0230. The Bertz CT molecular complexity index is 1110. The summed E-state index contributed by atoms with van der Waals surface area (Å²) in [4.78, 5) is 29.0. The molecule has 2 fully saturated rings. The van der Waals surface area contributed by atoms with E-state index in [1.165, 1.54) is 29.1 Å². The number of anilines is 3. The molecule has 0 radical (unpaired) electrons. The van der Waals surface area contributed by atoms with Crippen LogP contribution in [0.25, 0.3) is 0 Å². The van der Waals surface area contributed by atoms with Gasteiger partial charge in [0.05, 0.1) is 22.2 Å². The number of carbonyl (C=O) groups excluding carboxylic acids is 2. The Morgan fingerprint density at radius 3 is 2.59 bits per heavy atom. The fourth-order valence-corrected chi connectivity index (χ4v) is 5.38. The van der Waals surface area contributed by atoms with E-state index in [4.69, 9.17) is 0 Å². The lowest BCUT2D eigenvalue weighted by Crippen LogP contribution is -2.45. The van der Waals surface area contributed by atoms with Crippen molar-refractivity contribution >= 4 is 40.9 Å². The molecule has 2 aliphatic heterocycles. The Balaban J connectivity index is 1.37. The van der Waals surface area contributed by atoms with Gasteiger partial charge in [0.15, 0.2) is 5.16 Å². The van der Waals surface area contributed by atoms with Crippen molar-refractivity contribution < 1.29 is 22.8 Å². The van der Waals surface area contributed by atoms with Crippen LogP contribution < -0.4 is 15.1 Å². The number of halogens is 3. The second kappa shape index (κ2) is 8.79. The van der Waals surface area contributed by atoms with Gasteiger partial charge in [-0.15, -0.1) is 10.2 Å². The summed E-state index contributed by atoms with van der Waals surface area (Å²) >= 11 is 1.27. The highest BCUT2D eigenvalue weighted by Crippen LogP contribution is 2.43. The number of hydrogen-bond acceptors (Lipinski definition) is 6. The third-order valence-corrected chi connectivity index (χ3v) is 7.33. The topological polar surface area (TPSA) is 83.4 Å². The lowest BCUT2D eigenvalue weighted by atomic mass is 10.1. The van der Waals surface area contributed by atoms with Crippen molar-refractivity contribution in [3.63, 3.8) is 0 Å². The number of alkyl halides is 3. The second-order valence-corrected chi connectivity index (χ2v) is 10.2. The van der Waals surface area contributed by atoms with Gasteiger partial charge in [-0.3, -0.25) is 19.1 Å². The predicted molar refractivity (Wildman–Crippen MR) is 122 cm³/mol. The van der Waals surface area contributed by atoms with Crippen LogP contribution in [0.4, 0.5) is 30.5 Å². The van der Waals surface area contributed by atoms with Gasteiger partial charge in [0.1, 0.15) is 6.54 Å². The molecule has 1 atom stereocenters. The summed E-state index contributed by atoms with van der Waals surface area (Å²) < 4.78 is 41.4. The summed E-state index contributed by atoms with van der Waals surface area (Å²) in [5, 5.41) is 11.3. The van der Waals surface area contributed by atoms with Crippen LogP contribution in [0.15, 0.2) is 23.4 Å². The number of carbonyl (C=O) groups is 2. The Morgan fingerprint density at radius 1 is 1.18 bits per heavy atom. The van der Waals surface area contributed by atoms with Crippen molar-refractivity contribution in [2.45, 2.75) is 61.7 Å². The lowest BCUT2D eigenvalue weighted by molar-refractivity contribution is -0.137. The van der Waals surface area contributed by atoms with Crippen molar-refractivity contribution in [2.24, 2.45) is 0 Å². The van der Waals surface area contributed by atoms with E-state index in [0.29, 0.717) is 11.2 Å². The smallest absolute Gasteiger partial charge is 0.341 e. The van der Waals surface area contributed by atoms with E-state index in [9.17, 15) is 22.8 Å². The molecule has 3 aliphatic rings. The quantitative estimate of drug-likeness (QED) is 0.631. The fourth-order valence-electron chi connectivity index (χ4n) is 4.40. The molecule has 1 aliphatic carbocycles. The molecular weight excluding hydrogens is 469 g/mol. The van der Waals surface area contributed by atoms with Gasteiger partial charge < -0.3 is 10.2 Å². The van der Waals surface area contributed by atoms with Gasteiger partial charge in [0, 0.05) is 19.1 Å². The minimum atomic E-state index is -4.55. The molecule has 34 heavy (non-hydrogen) atoms. The monoisotopic (exact) mass is 494 g/mol. The van der Waals surface area contributed by atoms with Gasteiger partial charge >= 0.3 is 6.18 Å². The lowest BCUT2D eigenvalue weighted by Gasteiger charge is -2.31. The van der Waals surface area contributed by atoms with E-state index < -0.39 is 22.9 Å². The molecule has 182 valence electrons. The number of rotatable bonds is 5. The molecule has 1 N–H and O–H groups in total. The Hall–Kier alpha value is -2.76. The number of benzene rings is 1. The van der Waals surface area contributed by atoms with Gasteiger partial charge in [-0.1, -0.05) is 11.8 Å². The molecule has 1 aromatic carbocycles. The molecule has 8 nitrogen and oxygen atoms in total. The normalized spacial score (nSPS) is 19.6. The SMILES string of the molecule is C[C@H](Sc1nnc(N2CCCCC2)n1C1CC1)C(=O)N1CC(=O)Nc2cc(C(F)(F)F)ccc21. The molecule has 2 aromatic rings. The van der Waals surface area contributed by atoms with E-state index in [0.717, 1.165) is 56.9 Å². The standard InChI is InChI=1S/C22H25F3N6O2S/c1-13(34-21-28-27-20(31(21)15-6-7-15)29-9-3-2-4-10-29)19(33)30-12-18(32)26-16-11-14(22(23,24)25)5-8-17(16)30/h5,8,11,13,15H,2-4,6-7,9-10,12H2,1H3,(H,26,32)/t13-/m0/s1. The van der Waals surface area contributed by atoms with Crippen LogP contribution in [0.3, 0.4) is 0 Å². The molecule has 0 unspecified atom stereocenters. The summed E-state index contributed by atoms with van der Waals surface area (Å²) in [6.07, 6.45) is 0.958. The maximum absolute atomic E-state index is 13.3. The van der Waals surface area contributed by atoms with E-state index in [1.807, 2.05) is 0 Å². The summed E-state index contributed by atoms with van der Waals surface area (Å²) in [6.45, 7) is 3.33. The molecule has 5 rings (SSSR count). The first kappa shape index (κ1) is 23.0. The molecular formula is C22H25F3N6O2S. The molecule has 0 bridgehead atoms. The molecule has 1 aromatic heterocycles. The van der Waals surface area contributed by atoms with Crippen LogP contribution in [0.2, 0.25) is 0 Å². The third kappa shape index (κ3) is 4.47. The van der Waals surface area contributed by atoms with Crippen LogP contribution in [0.1, 0.15) is 50.6 Å². The summed E-state index contributed by atoms with van der Waals surface area (Å²) in [5.41, 5.74) is -0.654. The number of piperidine rings is 1. The van der Waals surface area contributed by atoms with E-state index in [1.54, 1.807) is 6.92 Å². The highest BCUT2D eigenvalue weighted by Gasteiger charge is 2.37. The number of hydrogen-bond donors (Lipinski definition) is 1. The average molecular weight is 495 g/mol.